The molecule has 126 valence electrons. The fourth-order valence-corrected chi connectivity index (χ4v) is 3.34. The minimum absolute atomic E-state index is 0.709. The molecule has 1 fully saturated rings. The summed E-state index contributed by atoms with van der Waals surface area (Å²) in [5.74, 6) is 0.742. The van der Waals surface area contributed by atoms with Gasteiger partial charge in [-0.05, 0) is 36.4 Å². The van der Waals surface area contributed by atoms with Gasteiger partial charge in [0.2, 0.25) is 0 Å². The first-order chi connectivity index (χ1) is 12.3. The summed E-state index contributed by atoms with van der Waals surface area (Å²) < 4.78 is 5.43. The highest BCUT2D eigenvalue weighted by Gasteiger charge is 2.15. The molecule has 3 heterocycles. The van der Waals surface area contributed by atoms with Crippen LogP contribution in [0.2, 0.25) is 0 Å². The number of hydrogen-bond donors (Lipinski definition) is 3. The first-order valence-corrected chi connectivity index (χ1v) is 8.34. The van der Waals surface area contributed by atoms with Crippen LogP contribution in [-0.4, -0.2) is 46.5 Å². The van der Waals surface area contributed by atoms with Crippen LogP contribution >= 0.6 is 0 Å². The number of benzene rings is 2. The van der Waals surface area contributed by atoms with Crippen molar-refractivity contribution in [2.45, 2.75) is 0 Å². The topological polar surface area (TPSA) is 95.8 Å². The van der Waals surface area contributed by atoms with E-state index in [0.717, 1.165) is 59.8 Å². The van der Waals surface area contributed by atoms with E-state index >= 15 is 0 Å². The lowest BCUT2D eigenvalue weighted by Gasteiger charge is -2.28. The van der Waals surface area contributed by atoms with Gasteiger partial charge in [0.15, 0.2) is 5.82 Å². The molecule has 1 aliphatic heterocycles. The number of aromatic nitrogens is 4. The van der Waals surface area contributed by atoms with Crippen LogP contribution in [0, 0.1) is 0 Å². The van der Waals surface area contributed by atoms with Crippen molar-refractivity contribution in [2.24, 2.45) is 0 Å². The maximum Gasteiger partial charge on any atom is 0.159 e. The molecule has 2 aromatic heterocycles. The van der Waals surface area contributed by atoms with Gasteiger partial charge in [-0.25, -0.2) is 4.98 Å². The first-order valence-electron chi connectivity index (χ1n) is 8.34. The largest absolute Gasteiger partial charge is 0.399 e. The Balaban J connectivity index is 1.58. The number of ether oxygens (including phenoxy) is 1. The molecular weight excluding hydrogens is 316 g/mol. The zero-order chi connectivity index (χ0) is 16.8. The summed E-state index contributed by atoms with van der Waals surface area (Å²) in [5.41, 5.74) is 11.5. The van der Waals surface area contributed by atoms with Gasteiger partial charge in [0.25, 0.3) is 0 Å². The first kappa shape index (κ1) is 14.3. The zero-order valence-electron chi connectivity index (χ0n) is 13.6. The minimum atomic E-state index is 0.709. The molecule has 5 rings (SSSR count). The van der Waals surface area contributed by atoms with Crippen molar-refractivity contribution < 1.29 is 4.74 Å². The van der Waals surface area contributed by atoms with Crippen LogP contribution < -0.4 is 10.6 Å². The summed E-state index contributed by atoms with van der Waals surface area (Å²) in [6.45, 7) is 3.37. The highest BCUT2D eigenvalue weighted by molar-refractivity contribution is 5.95. The van der Waals surface area contributed by atoms with Crippen LogP contribution in [0.1, 0.15) is 0 Å². The molecule has 0 saturated carbocycles. The van der Waals surface area contributed by atoms with Crippen LogP contribution in [0.3, 0.4) is 0 Å². The van der Waals surface area contributed by atoms with Gasteiger partial charge >= 0.3 is 0 Å². The van der Waals surface area contributed by atoms with Crippen LogP contribution in [0.4, 0.5) is 11.4 Å². The van der Waals surface area contributed by atoms with Gasteiger partial charge in [0.1, 0.15) is 5.69 Å². The number of hydrogen-bond acceptors (Lipinski definition) is 5. The van der Waals surface area contributed by atoms with E-state index in [0.29, 0.717) is 5.69 Å². The Morgan fingerprint density at radius 2 is 1.92 bits per heavy atom. The van der Waals surface area contributed by atoms with Crippen molar-refractivity contribution in [1.82, 2.24) is 20.2 Å². The summed E-state index contributed by atoms with van der Waals surface area (Å²) in [5, 5.41) is 8.41. The standard InChI is InChI=1S/C18H18N6O/c19-11-1-3-14-13(9-11)17(23-22-14)18-20-15-4-2-12(10-16(15)21-18)24-5-7-25-8-6-24/h1-4,9-10H,5-8,19H2,(H,20,21)(H,22,23). The highest BCUT2D eigenvalue weighted by Crippen LogP contribution is 2.29. The SMILES string of the molecule is Nc1ccc2[nH]nc(-c3nc4ccc(N5CCOCC5)cc4[nH]3)c2c1. The highest BCUT2D eigenvalue weighted by atomic mass is 16.5. The maximum absolute atomic E-state index is 5.92. The molecule has 0 atom stereocenters. The number of anilines is 2. The third kappa shape index (κ3) is 2.40. The Kier molecular flexibility index (Phi) is 3.14. The number of imidazole rings is 1. The maximum atomic E-state index is 5.92. The van der Waals surface area contributed by atoms with Gasteiger partial charge < -0.3 is 20.4 Å². The van der Waals surface area contributed by atoms with Crippen molar-refractivity contribution in [2.75, 3.05) is 36.9 Å². The van der Waals surface area contributed by atoms with Gasteiger partial charge in [-0.2, -0.15) is 5.10 Å². The van der Waals surface area contributed by atoms with Crippen molar-refractivity contribution in [3.63, 3.8) is 0 Å². The van der Waals surface area contributed by atoms with Crippen LogP contribution in [0.15, 0.2) is 36.4 Å². The normalized spacial score (nSPS) is 15.3. The van der Waals surface area contributed by atoms with E-state index in [1.807, 2.05) is 24.3 Å². The molecule has 0 bridgehead atoms. The van der Waals surface area contributed by atoms with Crippen LogP contribution in [0.5, 0.6) is 0 Å². The number of aromatic amines is 2. The van der Waals surface area contributed by atoms with Crippen molar-refractivity contribution in [1.29, 1.82) is 0 Å². The summed E-state index contributed by atoms with van der Waals surface area (Å²) in [4.78, 5) is 10.4. The molecule has 4 N–H and O–H groups in total. The van der Waals surface area contributed by atoms with E-state index in [-0.39, 0.29) is 0 Å². The van der Waals surface area contributed by atoms with Gasteiger partial charge in [-0.1, -0.05) is 0 Å². The Labute approximate surface area is 143 Å². The van der Waals surface area contributed by atoms with Gasteiger partial charge in [0.05, 0.1) is 29.8 Å². The fourth-order valence-electron chi connectivity index (χ4n) is 3.34. The molecule has 0 unspecified atom stereocenters. The molecule has 0 radical (unpaired) electrons. The minimum Gasteiger partial charge on any atom is -0.399 e. The van der Waals surface area contributed by atoms with E-state index in [1.54, 1.807) is 0 Å². The smallest absolute Gasteiger partial charge is 0.159 e. The predicted octanol–water partition coefficient (Wildman–Crippen LogP) is 2.53. The van der Waals surface area contributed by atoms with Crippen molar-refractivity contribution in [3.8, 4) is 11.5 Å². The molecule has 0 spiro atoms. The average Bonchev–Trinajstić information content (AvgIpc) is 3.24. The number of morpholine rings is 1. The van der Waals surface area contributed by atoms with Gasteiger partial charge in [0, 0.05) is 29.9 Å². The quantitative estimate of drug-likeness (QED) is 0.490. The predicted molar refractivity (Wildman–Crippen MR) is 98.6 cm³/mol. The van der Waals surface area contributed by atoms with E-state index in [1.165, 1.54) is 5.69 Å². The number of nitrogens with zero attached hydrogens (tertiary/aromatic N) is 3. The van der Waals surface area contributed by atoms with E-state index in [4.69, 9.17) is 15.5 Å². The number of nitrogens with two attached hydrogens (primary N) is 1. The van der Waals surface area contributed by atoms with Crippen molar-refractivity contribution >= 4 is 33.3 Å². The second-order valence-electron chi connectivity index (χ2n) is 6.26. The summed E-state index contributed by atoms with van der Waals surface area (Å²) in [6.07, 6.45) is 0. The Bertz CT molecular complexity index is 1060. The molecule has 25 heavy (non-hydrogen) atoms. The molecule has 1 saturated heterocycles. The molecule has 7 heteroatoms. The Hall–Kier alpha value is -3.06. The number of rotatable bonds is 2. The second kappa shape index (κ2) is 5.49. The summed E-state index contributed by atoms with van der Waals surface area (Å²) in [7, 11) is 0. The molecule has 4 aromatic rings. The lowest BCUT2D eigenvalue weighted by Crippen LogP contribution is -2.36. The second-order valence-corrected chi connectivity index (χ2v) is 6.26. The number of nitrogens with one attached hydrogen (secondary N) is 2. The third-order valence-electron chi connectivity index (χ3n) is 4.65. The van der Waals surface area contributed by atoms with Crippen molar-refractivity contribution in [3.05, 3.63) is 36.4 Å². The van der Waals surface area contributed by atoms with Gasteiger partial charge in [-0.15, -0.1) is 0 Å². The molecule has 0 aliphatic carbocycles. The van der Waals surface area contributed by atoms with Gasteiger partial charge in [-0.3, -0.25) is 5.10 Å². The number of nitrogen functional groups attached to an aromatic ring is 1. The zero-order valence-corrected chi connectivity index (χ0v) is 13.6. The fraction of sp³-hybridized carbons (Fsp3) is 0.222. The monoisotopic (exact) mass is 334 g/mol. The van der Waals surface area contributed by atoms with Crippen LogP contribution in [0.25, 0.3) is 33.5 Å². The van der Waals surface area contributed by atoms with Crippen LogP contribution in [-0.2, 0) is 4.74 Å². The average molecular weight is 334 g/mol. The molecule has 0 amide bonds. The Morgan fingerprint density at radius 1 is 1.04 bits per heavy atom. The molecular formula is C18H18N6O. The van der Waals surface area contributed by atoms with E-state index in [2.05, 4.69) is 32.2 Å². The molecule has 1 aliphatic rings. The third-order valence-corrected chi connectivity index (χ3v) is 4.65. The Morgan fingerprint density at radius 3 is 2.80 bits per heavy atom. The van der Waals surface area contributed by atoms with E-state index < -0.39 is 0 Å². The number of H-pyrrole nitrogens is 2. The number of fused-ring (bicyclic) bond motifs is 2. The summed E-state index contributed by atoms with van der Waals surface area (Å²) >= 11 is 0. The van der Waals surface area contributed by atoms with E-state index in [9.17, 15) is 0 Å². The molecule has 7 nitrogen and oxygen atoms in total. The summed E-state index contributed by atoms with van der Waals surface area (Å²) in [6, 6.07) is 12.0. The lowest BCUT2D eigenvalue weighted by molar-refractivity contribution is 0.122. The lowest BCUT2D eigenvalue weighted by atomic mass is 10.2. The molecule has 2 aromatic carbocycles.